The molecule has 1 amide bonds. The van der Waals surface area contributed by atoms with Crippen LogP contribution in [0.15, 0.2) is 48.5 Å². The average molecular weight is 347 g/mol. The van der Waals surface area contributed by atoms with Gasteiger partial charge in [-0.3, -0.25) is 5.32 Å². The van der Waals surface area contributed by atoms with E-state index in [-0.39, 0.29) is 17.9 Å². The van der Waals surface area contributed by atoms with E-state index in [4.69, 9.17) is 4.74 Å². The lowest BCUT2D eigenvalue weighted by molar-refractivity contribution is 0.0698. The van der Waals surface area contributed by atoms with Gasteiger partial charge < -0.3 is 14.4 Å². The highest BCUT2D eigenvalue weighted by atomic mass is 31.2. The van der Waals surface area contributed by atoms with Crippen molar-refractivity contribution in [2.45, 2.75) is 6.61 Å². The molecular weight excluding hydrogens is 329 g/mol. The summed E-state index contributed by atoms with van der Waals surface area (Å²) < 4.78 is 17.2. The number of carbonyl (C=O) groups is 2. The van der Waals surface area contributed by atoms with Gasteiger partial charge in [0.2, 0.25) is 0 Å². The molecular formula is C17H18NO5P. The minimum Gasteiger partial charge on any atom is -0.478 e. The first-order valence-corrected chi connectivity index (χ1v) is 9.78. The fourth-order valence-electron chi connectivity index (χ4n) is 2.03. The second kappa shape index (κ2) is 7.32. The summed E-state index contributed by atoms with van der Waals surface area (Å²) in [6.45, 7) is 3.20. The number of carbonyl (C=O) groups excluding carboxylic acids is 1. The first-order chi connectivity index (χ1) is 11.3. The van der Waals surface area contributed by atoms with E-state index >= 15 is 0 Å². The second-order valence-corrected chi connectivity index (χ2v) is 8.79. The number of benzene rings is 2. The van der Waals surface area contributed by atoms with Crippen molar-refractivity contribution in [3.63, 3.8) is 0 Å². The van der Waals surface area contributed by atoms with Crippen molar-refractivity contribution in [2.75, 3.05) is 18.6 Å². The molecule has 0 unspecified atom stereocenters. The summed E-state index contributed by atoms with van der Waals surface area (Å²) >= 11 is 0. The maximum atomic E-state index is 12.2. The summed E-state index contributed by atoms with van der Waals surface area (Å²) in [6, 6.07) is 13.3. The Labute approximate surface area is 139 Å². The summed E-state index contributed by atoms with van der Waals surface area (Å²) in [4.78, 5) is 23.2. The molecule has 0 saturated carbocycles. The maximum Gasteiger partial charge on any atom is 0.411 e. The average Bonchev–Trinajstić information content (AvgIpc) is 2.53. The van der Waals surface area contributed by atoms with Gasteiger partial charge in [-0.25, -0.2) is 9.59 Å². The molecule has 0 aliphatic rings. The van der Waals surface area contributed by atoms with Gasteiger partial charge in [-0.15, -0.1) is 0 Å². The predicted molar refractivity (Wildman–Crippen MR) is 92.7 cm³/mol. The molecule has 0 atom stereocenters. The SMILES string of the molecule is CP(C)(=O)c1ccc(C(=O)O)c(NC(=O)OCc2ccccc2)c1. The molecule has 0 fully saturated rings. The third kappa shape index (κ3) is 4.70. The van der Waals surface area contributed by atoms with E-state index in [2.05, 4.69) is 5.32 Å². The summed E-state index contributed by atoms with van der Waals surface area (Å²) in [7, 11) is -2.59. The zero-order valence-electron chi connectivity index (χ0n) is 13.4. The zero-order chi connectivity index (χ0) is 17.7. The highest BCUT2D eigenvalue weighted by molar-refractivity contribution is 7.70. The van der Waals surface area contributed by atoms with Crippen LogP contribution in [-0.4, -0.2) is 30.5 Å². The van der Waals surface area contributed by atoms with Gasteiger partial charge in [0.25, 0.3) is 0 Å². The van der Waals surface area contributed by atoms with Crippen LogP contribution in [0.5, 0.6) is 0 Å². The maximum absolute atomic E-state index is 12.2. The molecule has 6 nitrogen and oxygen atoms in total. The fraction of sp³-hybridized carbons (Fsp3) is 0.176. The summed E-state index contributed by atoms with van der Waals surface area (Å²) in [5.74, 6) is -1.19. The highest BCUT2D eigenvalue weighted by Crippen LogP contribution is 2.35. The number of hydrogen-bond donors (Lipinski definition) is 2. The second-order valence-electron chi connectivity index (χ2n) is 5.57. The van der Waals surface area contributed by atoms with Crippen LogP contribution in [0, 0.1) is 0 Å². The number of nitrogens with one attached hydrogen (secondary N) is 1. The van der Waals surface area contributed by atoms with Gasteiger partial charge in [0.1, 0.15) is 13.7 Å². The highest BCUT2D eigenvalue weighted by Gasteiger charge is 2.18. The van der Waals surface area contributed by atoms with Crippen LogP contribution < -0.4 is 10.6 Å². The molecule has 0 heterocycles. The monoisotopic (exact) mass is 347 g/mol. The van der Waals surface area contributed by atoms with Crippen molar-refractivity contribution < 1.29 is 24.0 Å². The molecule has 0 saturated heterocycles. The van der Waals surface area contributed by atoms with Crippen LogP contribution in [0.1, 0.15) is 15.9 Å². The molecule has 7 heteroatoms. The van der Waals surface area contributed by atoms with Crippen molar-refractivity contribution in [2.24, 2.45) is 0 Å². The van der Waals surface area contributed by atoms with E-state index in [1.165, 1.54) is 18.2 Å². The van der Waals surface area contributed by atoms with Gasteiger partial charge >= 0.3 is 12.1 Å². The lowest BCUT2D eigenvalue weighted by atomic mass is 10.2. The first-order valence-electron chi connectivity index (χ1n) is 7.18. The molecule has 0 aromatic heterocycles. The molecule has 2 aromatic rings. The van der Waals surface area contributed by atoms with Gasteiger partial charge in [-0.05, 0) is 31.0 Å². The number of aromatic carboxylic acids is 1. The van der Waals surface area contributed by atoms with Crippen molar-refractivity contribution in [3.05, 3.63) is 59.7 Å². The minimum absolute atomic E-state index is 0.0574. The molecule has 126 valence electrons. The van der Waals surface area contributed by atoms with Crippen LogP contribution in [0.4, 0.5) is 10.5 Å². The lowest BCUT2D eigenvalue weighted by Crippen LogP contribution is -2.18. The van der Waals surface area contributed by atoms with E-state index in [0.29, 0.717) is 5.30 Å². The van der Waals surface area contributed by atoms with Gasteiger partial charge in [0, 0.05) is 5.30 Å². The van der Waals surface area contributed by atoms with Crippen LogP contribution in [0.2, 0.25) is 0 Å². The number of hydrogen-bond acceptors (Lipinski definition) is 4. The van der Waals surface area contributed by atoms with E-state index < -0.39 is 19.2 Å². The van der Waals surface area contributed by atoms with Gasteiger partial charge in [-0.2, -0.15) is 0 Å². The third-order valence-electron chi connectivity index (χ3n) is 3.30. The quantitative estimate of drug-likeness (QED) is 0.809. The molecule has 0 bridgehead atoms. The molecule has 2 N–H and O–H groups in total. The molecule has 0 aliphatic carbocycles. The first kappa shape index (κ1) is 17.8. The number of rotatable bonds is 5. The van der Waals surface area contributed by atoms with Gasteiger partial charge in [0.15, 0.2) is 0 Å². The molecule has 0 aliphatic heterocycles. The van der Waals surface area contributed by atoms with E-state index in [1.54, 1.807) is 25.5 Å². The normalized spacial score (nSPS) is 10.9. The Bertz CT molecular complexity index is 798. The lowest BCUT2D eigenvalue weighted by Gasteiger charge is -2.13. The third-order valence-corrected chi connectivity index (χ3v) is 4.83. The molecule has 24 heavy (non-hydrogen) atoms. The van der Waals surface area contributed by atoms with Crippen LogP contribution in [0.25, 0.3) is 0 Å². The molecule has 0 spiro atoms. The number of anilines is 1. The summed E-state index contributed by atoms with van der Waals surface area (Å²) in [5.41, 5.74) is 0.775. The van der Waals surface area contributed by atoms with Crippen molar-refractivity contribution in [3.8, 4) is 0 Å². The largest absolute Gasteiger partial charge is 0.478 e. The number of amides is 1. The van der Waals surface area contributed by atoms with E-state index in [0.717, 1.165) is 5.56 Å². The van der Waals surface area contributed by atoms with Crippen LogP contribution >= 0.6 is 7.14 Å². The van der Waals surface area contributed by atoms with Gasteiger partial charge in [0.05, 0.1) is 11.3 Å². The summed E-state index contributed by atoms with van der Waals surface area (Å²) in [5, 5.41) is 12.1. The minimum atomic E-state index is -2.59. The van der Waals surface area contributed by atoms with Crippen molar-refractivity contribution >= 4 is 30.2 Å². The fourth-order valence-corrected chi connectivity index (χ4v) is 2.90. The molecule has 0 radical (unpaired) electrons. The van der Waals surface area contributed by atoms with Crippen LogP contribution in [-0.2, 0) is 15.9 Å². The smallest absolute Gasteiger partial charge is 0.411 e. The van der Waals surface area contributed by atoms with E-state index in [1.807, 2.05) is 18.2 Å². The Morgan fingerprint density at radius 1 is 1.12 bits per heavy atom. The van der Waals surface area contributed by atoms with Crippen molar-refractivity contribution in [1.29, 1.82) is 0 Å². The molecule has 2 aromatic carbocycles. The number of carboxylic acid groups (broad SMARTS) is 1. The Hall–Kier alpha value is -2.59. The zero-order valence-corrected chi connectivity index (χ0v) is 14.2. The topological polar surface area (TPSA) is 92.7 Å². The molecule has 2 rings (SSSR count). The standard InChI is InChI=1S/C17H18NO5P/c1-24(2,22)13-8-9-14(16(19)20)15(10-13)18-17(21)23-11-12-6-4-3-5-7-12/h3-10H,11H2,1-2H3,(H,18,21)(H,19,20). The summed E-state index contributed by atoms with van der Waals surface area (Å²) in [6.07, 6.45) is -0.777. The Balaban J connectivity index is 2.16. The Morgan fingerprint density at radius 2 is 1.79 bits per heavy atom. The number of ether oxygens (including phenoxy) is 1. The Kier molecular flexibility index (Phi) is 5.42. The Morgan fingerprint density at radius 3 is 2.38 bits per heavy atom. The van der Waals surface area contributed by atoms with Crippen LogP contribution in [0.3, 0.4) is 0 Å². The van der Waals surface area contributed by atoms with Crippen molar-refractivity contribution in [1.82, 2.24) is 0 Å². The van der Waals surface area contributed by atoms with Gasteiger partial charge in [-0.1, -0.05) is 36.4 Å². The van der Waals surface area contributed by atoms with E-state index in [9.17, 15) is 19.3 Å². The number of carboxylic acids is 1. The predicted octanol–water partition coefficient (Wildman–Crippen LogP) is 3.38.